The van der Waals surface area contributed by atoms with Gasteiger partial charge in [-0.15, -0.1) is 0 Å². The molecule has 3 rings (SSSR count). The number of rotatable bonds is 6. The van der Waals surface area contributed by atoms with Crippen LogP contribution in [0.3, 0.4) is 0 Å². The highest BCUT2D eigenvalue weighted by Crippen LogP contribution is 2.25. The molecule has 148 valence electrons. The van der Waals surface area contributed by atoms with Crippen LogP contribution in [0.5, 0.6) is 0 Å². The van der Waals surface area contributed by atoms with E-state index in [-0.39, 0.29) is 24.5 Å². The van der Waals surface area contributed by atoms with E-state index in [1.54, 1.807) is 34.1 Å². The molecule has 1 atom stereocenters. The highest BCUT2D eigenvalue weighted by atomic mass is 16.3. The lowest BCUT2D eigenvalue weighted by atomic mass is 10.1. The van der Waals surface area contributed by atoms with Gasteiger partial charge in [0.2, 0.25) is 0 Å². The lowest BCUT2D eigenvalue weighted by Gasteiger charge is -2.31. The van der Waals surface area contributed by atoms with Crippen molar-refractivity contribution in [2.75, 3.05) is 24.7 Å². The first-order chi connectivity index (χ1) is 13.5. The number of likely N-dealkylation sites (tertiary alicyclic amines) is 1. The first kappa shape index (κ1) is 20.0. The van der Waals surface area contributed by atoms with Gasteiger partial charge in [0.1, 0.15) is 6.61 Å². The highest BCUT2D eigenvalue weighted by Gasteiger charge is 2.32. The van der Waals surface area contributed by atoms with Crippen molar-refractivity contribution in [1.82, 2.24) is 4.90 Å². The number of aliphatic hydroxyl groups is 2. The third-order valence-electron chi connectivity index (χ3n) is 5.17. The number of aliphatic hydroxyl groups excluding tert-OH is 2. The zero-order valence-corrected chi connectivity index (χ0v) is 16.0. The molecular formula is C22H26N2O4. The largest absolute Gasteiger partial charge is 0.394 e. The number of carbonyl (C=O) groups excluding carboxylic acids is 2. The Morgan fingerprint density at radius 2 is 1.75 bits per heavy atom. The zero-order valence-electron chi connectivity index (χ0n) is 16.0. The summed E-state index contributed by atoms with van der Waals surface area (Å²) >= 11 is 0. The minimum absolute atomic E-state index is 0.0363. The van der Waals surface area contributed by atoms with Crippen LogP contribution in [0.2, 0.25) is 0 Å². The summed E-state index contributed by atoms with van der Waals surface area (Å²) in [6.45, 7) is 2.42. The van der Waals surface area contributed by atoms with Crippen LogP contribution < -0.4 is 4.90 Å². The Hall–Kier alpha value is -2.70. The van der Waals surface area contributed by atoms with Gasteiger partial charge in [-0.05, 0) is 37.5 Å². The predicted molar refractivity (Wildman–Crippen MR) is 107 cm³/mol. The van der Waals surface area contributed by atoms with E-state index in [4.69, 9.17) is 5.11 Å². The molecule has 1 heterocycles. The van der Waals surface area contributed by atoms with Crippen molar-refractivity contribution in [2.24, 2.45) is 0 Å². The topological polar surface area (TPSA) is 81.1 Å². The molecule has 2 N–H and O–H groups in total. The summed E-state index contributed by atoms with van der Waals surface area (Å²) in [6.07, 6.45) is 1.69. The van der Waals surface area contributed by atoms with Crippen molar-refractivity contribution in [1.29, 1.82) is 0 Å². The Labute approximate surface area is 165 Å². The van der Waals surface area contributed by atoms with Crippen LogP contribution >= 0.6 is 0 Å². The van der Waals surface area contributed by atoms with E-state index in [2.05, 4.69) is 0 Å². The summed E-state index contributed by atoms with van der Waals surface area (Å²) in [6, 6.07) is 14.4. The number of anilines is 1. The molecule has 28 heavy (non-hydrogen) atoms. The molecule has 1 fully saturated rings. The normalized spacial score (nSPS) is 16.2. The third kappa shape index (κ3) is 4.40. The van der Waals surface area contributed by atoms with Gasteiger partial charge >= 0.3 is 6.03 Å². The SMILES string of the molecule is Cc1ccc(N(Cc2ccc(C(=O)CO)cc2)C(=O)N2CCC[C@@H]2CO)cc1. The van der Waals surface area contributed by atoms with Gasteiger partial charge < -0.3 is 15.1 Å². The average molecular weight is 382 g/mol. The summed E-state index contributed by atoms with van der Waals surface area (Å²) in [4.78, 5) is 28.3. The van der Waals surface area contributed by atoms with E-state index in [9.17, 15) is 14.7 Å². The van der Waals surface area contributed by atoms with E-state index < -0.39 is 6.61 Å². The third-order valence-corrected chi connectivity index (χ3v) is 5.17. The summed E-state index contributed by atoms with van der Waals surface area (Å²) in [5.41, 5.74) is 3.22. The molecule has 1 aliphatic heterocycles. The van der Waals surface area contributed by atoms with Gasteiger partial charge in [0.05, 0.1) is 19.2 Å². The maximum absolute atomic E-state index is 13.3. The first-order valence-electron chi connectivity index (χ1n) is 9.52. The van der Waals surface area contributed by atoms with Gasteiger partial charge in [-0.3, -0.25) is 9.69 Å². The minimum Gasteiger partial charge on any atom is -0.394 e. The number of benzene rings is 2. The van der Waals surface area contributed by atoms with E-state index in [1.165, 1.54) is 0 Å². The van der Waals surface area contributed by atoms with Gasteiger partial charge in [-0.2, -0.15) is 0 Å². The van der Waals surface area contributed by atoms with E-state index in [0.717, 1.165) is 29.7 Å². The second kappa shape index (κ2) is 8.99. The number of Topliss-reactive ketones (excluding diaryl/α,β-unsaturated/α-hetero) is 1. The van der Waals surface area contributed by atoms with Gasteiger partial charge in [-0.25, -0.2) is 4.79 Å². The Kier molecular flexibility index (Phi) is 6.44. The van der Waals surface area contributed by atoms with Crippen molar-refractivity contribution in [3.05, 3.63) is 65.2 Å². The summed E-state index contributed by atoms with van der Waals surface area (Å²) in [7, 11) is 0. The van der Waals surface area contributed by atoms with Crippen LogP contribution in [0.25, 0.3) is 0 Å². The molecule has 2 aromatic carbocycles. The summed E-state index contributed by atoms with van der Waals surface area (Å²) in [5.74, 6) is -0.333. The number of carbonyl (C=O) groups is 2. The molecule has 0 spiro atoms. The number of ketones is 1. The Morgan fingerprint density at radius 3 is 2.36 bits per heavy atom. The molecule has 6 heteroatoms. The number of aryl methyl sites for hydroxylation is 1. The minimum atomic E-state index is -0.523. The maximum Gasteiger partial charge on any atom is 0.325 e. The molecule has 2 aromatic rings. The number of hydrogen-bond acceptors (Lipinski definition) is 4. The Balaban J connectivity index is 1.87. The monoisotopic (exact) mass is 382 g/mol. The number of urea groups is 1. The van der Waals surface area contributed by atoms with Crippen LogP contribution in [-0.4, -0.2) is 52.7 Å². The smallest absolute Gasteiger partial charge is 0.325 e. The molecule has 0 saturated carbocycles. The number of nitrogens with zero attached hydrogens (tertiary/aromatic N) is 2. The van der Waals surface area contributed by atoms with Crippen LogP contribution in [-0.2, 0) is 6.54 Å². The van der Waals surface area contributed by atoms with E-state index >= 15 is 0 Å². The highest BCUT2D eigenvalue weighted by molar-refractivity contribution is 5.97. The number of amides is 2. The molecule has 6 nitrogen and oxygen atoms in total. The molecule has 1 aliphatic rings. The zero-order chi connectivity index (χ0) is 20.1. The lowest BCUT2D eigenvalue weighted by Crippen LogP contribution is -2.46. The maximum atomic E-state index is 13.3. The van der Waals surface area contributed by atoms with Crippen molar-refractivity contribution >= 4 is 17.5 Å². The molecule has 0 bridgehead atoms. The molecule has 0 aromatic heterocycles. The molecule has 0 unspecified atom stereocenters. The summed E-state index contributed by atoms with van der Waals surface area (Å²) < 4.78 is 0. The second-order valence-electron chi connectivity index (χ2n) is 7.15. The first-order valence-corrected chi connectivity index (χ1v) is 9.52. The standard InChI is InChI=1S/C22H26N2O4/c1-16-4-10-19(11-5-16)24(22(28)23-12-2-3-20(23)14-25)13-17-6-8-18(9-7-17)21(27)15-26/h4-11,20,25-26H,2-3,12-15H2,1H3/t20-/m1/s1. The second-order valence-corrected chi connectivity index (χ2v) is 7.15. The van der Waals surface area contributed by atoms with Crippen molar-refractivity contribution in [3.8, 4) is 0 Å². The molecule has 1 saturated heterocycles. The van der Waals surface area contributed by atoms with Crippen LogP contribution in [0, 0.1) is 6.92 Å². The van der Waals surface area contributed by atoms with Gasteiger partial charge in [0, 0.05) is 17.8 Å². The molecule has 0 radical (unpaired) electrons. The van der Waals surface area contributed by atoms with Crippen LogP contribution in [0.1, 0.15) is 34.3 Å². The van der Waals surface area contributed by atoms with Crippen molar-refractivity contribution in [2.45, 2.75) is 32.4 Å². The van der Waals surface area contributed by atoms with Crippen molar-refractivity contribution < 1.29 is 19.8 Å². The fraction of sp³-hybridized carbons (Fsp3) is 0.364. The fourth-order valence-corrected chi connectivity index (χ4v) is 3.50. The van der Waals surface area contributed by atoms with Crippen LogP contribution in [0.15, 0.2) is 48.5 Å². The van der Waals surface area contributed by atoms with E-state index in [1.807, 2.05) is 31.2 Å². The summed E-state index contributed by atoms with van der Waals surface area (Å²) in [5, 5.41) is 18.6. The quantitative estimate of drug-likeness (QED) is 0.753. The predicted octanol–water partition coefficient (Wildman–Crippen LogP) is 2.75. The van der Waals surface area contributed by atoms with Crippen molar-refractivity contribution in [3.63, 3.8) is 0 Å². The number of hydrogen-bond donors (Lipinski definition) is 2. The fourth-order valence-electron chi connectivity index (χ4n) is 3.50. The molecule has 0 aliphatic carbocycles. The van der Waals surface area contributed by atoms with Gasteiger partial charge in [0.25, 0.3) is 0 Å². The van der Waals surface area contributed by atoms with Gasteiger partial charge in [-0.1, -0.05) is 42.0 Å². The Bertz CT molecular complexity index is 817. The van der Waals surface area contributed by atoms with Gasteiger partial charge in [0.15, 0.2) is 5.78 Å². The van der Waals surface area contributed by atoms with E-state index in [0.29, 0.717) is 18.7 Å². The average Bonchev–Trinajstić information content (AvgIpc) is 3.21. The lowest BCUT2D eigenvalue weighted by molar-refractivity contribution is 0.0903. The Morgan fingerprint density at radius 1 is 1.07 bits per heavy atom. The van der Waals surface area contributed by atoms with Crippen LogP contribution in [0.4, 0.5) is 10.5 Å². The molecular weight excluding hydrogens is 356 g/mol. The molecule has 2 amide bonds.